The molecule has 1 aliphatic heterocycles. The van der Waals surface area contributed by atoms with Crippen molar-refractivity contribution in [3.63, 3.8) is 0 Å². The molecule has 0 radical (unpaired) electrons. The van der Waals surface area contributed by atoms with E-state index in [0.29, 0.717) is 11.7 Å². The molecule has 1 aliphatic carbocycles. The first kappa shape index (κ1) is 12.1. The van der Waals surface area contributed by atoms with Gasteiger partial charge in [-0.15, -0.1) is 0 Å². The molecular formula is C10H15F3N2S. The highest BCUT2D eigenvalue weighted by Crippen LogP contribution is 2.43. The fourth-order valence-corrected chi connectivity index (χ4v) is 3.42. The van der Waals surface area contributed by atoms with Crippen LogP contribution in [0.25, 0.3) is 0 Å². The number of hydrogen-bond donors (Lipinski definition) is 1. The predicted molar refractivity (Wildman–Crippen MR) is 59.7 cm³/mol. The summed E-state index contributed by atoms with van der Waals surface area (Å²) in [5.74, 6) is 0.913. The molecule has 0 amide bonds. The number of thioether (sulfide) groups is 1. The van der Waals surface area contributed by atoms with Crippen LogP contribution in [-0.2, 0) is 0 Å². The third kappa shape index (κ3) is 3.06. The van der Waals surface area contributed by atoms with E-state index in [-0.39, 0.29) is 5.41 Å². The minimum atomic E-state index is -4.16. The molecule has 1 heterocycles. The van der Waals surface area contributed by atoms with Gasteiger partial charge in [-0.1, -0.05) is 24.6 Å². The lowest BCUT2D eigenvalue weighted by Gasteiger charge is -2.31. The second-order valence-corrected chi connectivity index (χ2v) is 5.55. The van der Waals surface area contributed by atoms with Crippen molar-refractivity contribution in [3.8, 4) is 0 Å². The van der Waals surface area contributed by atoms with Crippen LogP contribution < -0.4 is 5.32 Å². The van der Waals surface area contributed by atoms with Gasteiger partial charge in [0.25, 0.3) is 0 Å². The number of aliphatic imine (C=N–C) groups is 1. The highest BCUT2D eigenvalue weighted by molar-refractivity contribution is 8.13. The quantitative estimate of drug-likeness (QED) is 0.776. The molecule has 1 spiro atoms. The van der Waals surface area contributed by atoms with Crippen molar-refractivity contribution in [2.75, 3.05) is 18.8 Å². The van der Waals surface area contributed by atoms with Gasteiger partial charge in [-0.3, -0.25) is 4.99 Å². The summed E-state index contributed by atoms with van der Waals surface area (Å²) in [5.41, 5.74) is 0.286. The Kier molecular flexibility index (Phi) is 3.37. The van der Waals surface area contributed by atoms with E-state index in [9.17, 15) is 13.2 Å². The summed E-state index contributed by atoms with van der Waals surface area (Å²) in [6.45, 7) is -0.286. The van der Waals surface area contributed by atoms with E-state index < -0.39 is 12.7 Å². The average molecular weight is 252 g/mol. The van der Waals surface area contributed by atoms with Gasteiger partial charge in [0, 0.05) is 12.3 Å². The van der Waals surface area contributed by atoms with Gasteiger partial charge < -0.3 is 5.32 Å². The number of rotatable bonds is 1. The summed E-state index contributed by atoms with van der Waals surface area (Å²) < 4.78 is 35.9. The summed E-state index contributed by atoms with van der Waals surface area (Å²) in [4.78, 5) is 4.24. The Hall–Kier alpha value is -0.390. The number of nitrogens with one attached hydrogen (secondary N) is 1. The van der Waals surface area contributed by atoms with E-state index in [1.165, 1.54) is 37.4 Å². The molecule has 0 atom stereocenters. The molecule has 0 aromatic heterocycles. The zero-order valence-corrected chi connectivity index (χ0v) is 9.76. The molecule has 1 saturated carbocycles. The van der Waals surface area contributed by atoms with Crippen LogP contribution in [0.15, 0.2) is 4.99 Å². The van der Waals surface area contributed by atoms with Gasteiger partial charge in [0.1, 0.15) is 6.54 Å². The third-order valence-electron chi connectivity index (χ3n) is 3.18. The van der Waals surface area contributed by atoms with Gasteiger partial charge in [-0.2, -0.15) is 13.2 Å². The number of amidine groups is 1. The lowest BCUT2D eigenvalue weighted by atomic mass is 9.89. The van der Waals surface area contributed by atoms with E-state index in [2.05, 4.69) is 10.3 Å². The Balaban J connectivity index is 1.84. The number of hydrogen-bond acceptors (Lipinski definition) is 3. The molecule has 16 heavy (non-hydrogen) atoms. The van der Waals surface area contributed by atoms with E-state index in [1.54, 1.807) is 0 Å². The van der Waals surface area contributed by atoms with Gasteiger partial charge >= 0.3 is 6.18 Å². The molecule has 0 bridgehead atoms. The number of alkyl halides is 3. The van der Waals surface area contributed by atoms with Gasteiger partial charge in [0.05, 0.1) is 0 Å². The first-order chi connectivity index (χ1) is 7.49. The Morgan fingerprint density at radius 1 is 1.31 bits per heavy atom. The van der Waals surface area contributed by atoms with Gasteiger partial charge in [-0.05, 0) is 18.3 Å². The van der Waals surface area contributed by atoms with Gasteiger partial charge in [0.15, 0.2) is 5.17 Å². The minimum absolute atomic E-state index is 0.286. The Bertz CT molecular complexity index is 282. The minimum Gasteiger partial charge on any atom is -0.356 e. The second-order valence-electron chi connectivity index (χ2n) is 4.59. The number of nitrogens with zero attached hydrogens (tertiary/aromatic N) is 1. The fourth-order valence-electron chi connectivity index (χ4n) is 2.26. The first-order valence-electron chi connectivity index (χ1n) is 5.47. The van der Waals surface area contributed by atoms with Gasteiger partial charge in [0.2, 0.25) is 0 Å². The van der Waals surface area contributed by atoms with Crippen LogP contribution in [0.1, 0.15) is 25.7 Å². The molecule has 92 valence electrons. The standard InChI is InChI=1S/C10H15F3N2S/c11-10(12,13)6-15-8-14-5-9(7-16-8)3-1-2-4-9/h1-7H2,(H,14,15). The van der Waals surface area contributed by atoms with E-state index in [4.69, 9.17) is 0 Å². The molecule has 2 nitrogen and oxygen atoms in total. The topological polar surface area (TPSA) is 24.4 Å². The van der Waals surface area contributed by atoms with Crippen molar-refractivity contribution in [1.82, 2.24) is 5.32 Å². The predicted octanol–water partition coefficient (Wildman–Crippen LogP) is 2.80. The molecule has 0 saturated heterocycles. The van der Waals surface area contributed by atoms with Crippen LogP contribution >= 0.6 is 11.8 Å². The van der Waals surface area contributed by atoms with E-state index >= 15 is 0 Å². The summed E-state index contributed by atoms with van der Waals surface area (Å²) in [5, 5.41) is 2.81. The molecule has 0 unspecified atom stereocenters. The second kappa shape index (κ2) is 4.47. The zero-order chi connectivity index (χ0) is 11.6. The maximum absolute atomic E-state index is 12.0. The highest BCUT2D eigenvalue weighted by Gasteiger charge is 2.37. The van der Waals surface area contributed by atoms with Crippen LogP contribution in [0.5, 0.6) is 0 Å². The highest BCUT2D eigenvalue weighted by atomic mass is 32.2. The summed E-state index contributed by atoms with van der Waals surface area (Å²) in [6.07, 6.45) is 0.667. The lowest BCUT2D eigenvalue weighted by Crippen LogP contribution is -2.37. The Morgan fingerprint density at radius 3 is 2.50 bits per heavy atom. The maximum Gasteiger partial charge on any atom is 0.405 e. The average Bonchev–Trinajstić information content (AvgIpc) is 2.65. The molecule has 2 rings (SSSR count). The van der Waals surface area contributed by atoms with Crippen LogP contribution in [-0.4, -0.2) is 30.2 Å². The molecule has 6 heteroatoms. The zero-order valence-electron chi connectivity index (χ0n) is 8.94. The number of halogens is 3. The van der Waals surface area contributed by atoms with Crippen molar-refractivity contribution >= 4 is 16.9 Å². The largest absolute Gasteiger partial charge is 0.405 e. The SMILES string of the molecule is FC(F)(F)CNC1=NCC2(CCCC2)CS1. The maximum atomic E-state index is 12.0. The Labute approximate surface area is 97.1 Å². The summed E-state index contributed by atoms with van der Waals surface area (Å²) in [7, 11) is 0. The lowest BCUT2D eigenvalue weighted by molar-refractivity contribution is -0.121. The molecular weight excluding hydrogens is 237 g/mol. The first-order valence-corrected chi connectivity index (χ1v) is 6.46. The molecule has 0 aromatic carbocycles. The van der Waals surface area contributed by atoms with Crippen molar-refractivity contribution in [1.29, 1.82) is 0 Å². The molecule has 2 aliphatic rings. The van der Waals surface area contributed by atoms with Crippen LogP contribution in [0.3, 0.4) is 0 Å². The molecule has 1 fully saturated rings. The van der Waals surface area contributed by atoms with Crippen LogP contribution in [0.4, 0.5) is 13.2 Å². The van der Waals surface area contributed by atoms with E-state index in [1.807, 2.05) is 0 Å². The van der Waals surface area contributed by atoms with Crippen molar-refractivity contribution in [2.24, 2.45) is 10.4 Å². The van der Waals surface area contributed by atoms with Crippen LogP contribution in [0, 0.1) is 5.41 Å². The fraction of sp³-hybridized carbons (Fsp3) is 0.900. The summed E-state index contributed by atoms with van der Waals surface area (Å²) >= 11 is 1.44. The normalized spacial score (nSPS) is 24.6. The monoisotopic (exact) mass is 252 g/mol. The Morgan fingerprint density at radius 2 is 2.00 bits per heavy atom. The van der Waals surface area contributed by atoms with Crippen molar-refractivity contribution in [2.45, 2.75) is 31.9 Å². The van der Waals surface area contributed by atoms with Crippen molar-refractivity contribution < 1.29 is 13.2 Å². The molecule has 0 aromatic rings. The van der Waals surface area contributed by atoms with Crippen LogP contribution in [0.2, 0.25) is 0 Å². The molecule has 1 N–H and O–H groups in total. The third-order valence-corrected chi connectivity index (χ3v) is 4.48. The van der Waals surface area contributed by atoms with Crippen molar-refractivity contribution in [3.05, 3.63) is 0 Å². The van der Waals surface area contributed by atoms with Gasteiger partial charge in [-0.25, -0.2) is 0 Å². The summed E-state index contributed by atoms with van der Waals surface area (Å²) in [6, 6.07) is 0. The van der Waals surface area contributed by atoms with E-state index in [0.717, 1.165) is 5.75 Å². The smallest absolute Gasteiger partial charge is 0.356 e.